The second kappa shape index (κ2) is 6.42. The van der Waals surface area contributed by atoms with Gasteiger partial charge in [0.2, 0.25) is 10.0 Å². The molecule has 4 heterocycles. The molecule has 5 rings (SSSR count). The van der Waals surface area contributed by atoms with Crippen molar-refractivity contribution < 1.29 is 18.6 Å². The molecular weight excluding hydrogens is 376 g/mol. The van der Waals surface area contributed by atoms with E-state index in [0.29, 0.717) is 6.42 Å². The number of pyridine rings is 1. The first-order valence-corrected chi connectivity index (χ1v) is 10.3. The fourth-order valence-electron chi connectivity index (χ4n) is 3.55. The summed E-state index contributed by atoms with van der Waals surface area (Å²) in [5, 5.41) is 4.16. The molecule has 0 spiro atoms. The van der Waals surface area contributed by atoms with Crippen LogP contribution in [0.3, 0.4) is 0 Å². The molecule has 3 aromatic rings. The molecule has 0 N–H and O–H groups in total. The number of aryl methyl sites for hydroxylation is 2. The fraction of sp³-hybridized carbons (Fsp3) is 0.300. The fourth-order valence-corrected chi connectivity index (χ4v) is 4.96. The lowest BCUT2D eigenvalue weighted by molar-refractivity contribution is 0.356. The lowest BCUT2D eigenvalue weighted by Gasteiger charge is -2.26. The average Bonchev–Trinajstić information content (AvgIpc) is 3.26. The number of sulfonamides is 1. The number of benzene rings is 1. The van der Waals surface area contributed by atoms with Crippen LogP contribution >= 0.6 is 0 Å². The minimum absolute atomic E-state index is 0.0127. The Labute approximate surface area is 168 Å². The first kappa shape index (κ1) is 13.5. The third-order valence-corrected chi connectivity index (χ3v) is 6.94. The molecule has 8 heteroatoms. The summed E-state index contributed by atoms with van der Waals surface area (Å²) in [6.07, 6.45) is 3.31. The van der Waals surface area contributed by atoms with Crippen molar-refractivity contribution in [3.8, 4) is 5.75 Å². The molecule has 0 aliphatic carbocycles. The molecule has 0 saturated carbocycles. The van der Waals surface area contributed by atoms with Gasteiger partial charge in [0, 0.05) is 28.4 Å². The number of aromatic nitrogens is 3. The van der Waals surface area contributed by atoms with Crippen LogP contribution in [0.4, 0.5) is 0 Å². The highest BCUT2D eigenvalue weighted by Gasteiger charge is 2.28. The molecule has 2 aromatic heterocycles. The predicted octanol–water partition coefficient (Wildman–Crippen LogP) is 2.45. The van der Waals surface area contributed by atoms with E-state index in [0.717, 1.165) is 22.3 Å². The van der Waals surface area contributed by atoms with Gasteiger partial charge in [-0.3, -0.25) is 0 Å². The van der Waals surface area contributed by atoms with Crippen LogP contribution in [0.2, 0.25) is 0 Å². The third kappa shape index (κ3) is 2.80. The molecule has 2 aliphatic rings. The Kier molecular flexibility index (Phi) is 3.09. The molecule has 0 radical (unpaired) electrons. The van der Waals surface area contributed by atoms with Crippen molar-refractivity contribution in [1.29, 1.82) is 0 Å². The van der Waals surface area contributed by atoms with E-state index in [9.17, 15) is 8.42 Å². The van der Waals surface area contributed by atoms with Crippen LogP contribution in [0.5, 0.6) is 5.75 Å². The van der Waals surface area contributed by atoms with E-state index in [1.165, 1.54) is 28.8 Å². The minimum atomic E-state index is -3.90. The topological polar surface area (TPSA) is 76.8 Å². The zero-order valence-electron chi connectivity index (χ0n) is 19.1. The van der Waals surface area contributed by atoms with Crippen LogP contribution in [0.15, 0.2) is 47.8 Å². The third-order valence-electron chi connectivity index (χ3n) is 5.08. The highest BCUT2D eigenvalue weighted by atomic mass is 32.2. The van der Waals surface area contributed by atoms with E-state index < -0.39 is 23.0 Å². The van der Waals surface area contributed by atoms with E-state index in [2.05, 4.69) is 10.1 Å². The predicted molar refractivity (Wildman–Crippen MR) is 105 cm³/mol. The molecule has 0 amide bonds. The number of fused-ring (bicyclic) bond motifs is 2. The second-order valence-corrected chi connectivity index (χ2v) is 8.70. The molecule has 0 bridgehead atoms. The lowest BCUT2D eigenvalue weighted by atomic mass is 9.98. The first-order valence-electron chi connectivity index (χ1n) is 10.8. The highest BCUT2D eigenvalue weighted by molar-refractivity contribution is 7.89. The Morgan fingerprint density at radius 3 is 3.00 bits per heavy atom. The number of nitrogens with zero attached hydrogens (tertiary/aromatic N) is 4. The Balaban J connectivity index is 1.43. The quantitative estimate of drug-likeness (QED) is 0.675. The molecule has 0 fully saturated rings. The van der Waals surface area contributed by atoms with Crippen LogP contribution in [0.25, 0.3) is 11.2 Å². The summed E-state index contributed by atoms with van der Waals surface area (Å²) in [7, 11) is -3.90. The smallest absolute Gasteiger partial charge is 0.243 e. The Hall–Kier alpha value is -2.71. The van der Waals surface area contributed by atoms with Gasteiger partial charge in [-0.1, -0.05) is 6.08 Å². The van der Waals surface area contributed by atoms with Gasteiger partial charge in [-0.15, -0.1) is 0 Å². The maximum absolute atomic E-state index is 13.2. The number of ether oxygens (including phenoxy) is 1. The Morgan fingerprint density at radius 2 is 2.18 bits per heavy atom. The molecule has 7 nitrogen and oxygen atoms in total. The van der Waals surface area contributed by atoms with E-state index >= 15 is 0 Å². The van der Waals surface area contributed by atoms with Gasteiger partial charge in [0.1, 0.15) is 12.1 Å². The number of rotatable bonds is 3. The summed E-state index contributed by atoms with van der Waals surface area (Å²) in [6.45, 7) is -0.144. The summed E-state index contributed by atoms with van der Waals surface area (Å²) in [5.74, 6) is 0.0127. The van der Waals surface area contributed by atoms with Crippen molar-refractivity contribution in [1.82, 2.24) is 18.9 Å². The van der Waals surface area contributed by atoms with Crippen molar-refractivity contribution in [2.24, 2.45) is 0 Å². The maximum atomic E-state index is 13.2. The van der Waals surface area contributed by atoms with Gasteiger partial charge < -0.3 is 4.74 Å². The van der Waals surface area contributed by atoms with E-state index in [4.69, 9.17) is 10.2 Å². The average molecular weight is 400 g/mol. The summed E-state index contributed by atoms with van der Waals surface area (Å²) in [5.41, 5.74) is 3.69. The van der Waals surface area contributed by atoms with Crippen molar-refractivity contribution in [2.45, 2.75) is 24.6 Å². The van der Waals surface area contributed by atoms with Gasteiger partial charge >= 0.3 is 0 Å². The molecule has 2 aliphatic heterocycles. The van der Waals surface area contributed by atoms with Gasteiger partial charge in [0.05, 0.1) is 14.2 Å². The largest absolute Gasteiger partial charge is 0.493 e. The van der Waals surface area contributed by atoms with Gasteiger partial charge in [-0.2, -0.15) is 9.40 Å². The standard InChI is InChI=1S/C20H20N4O3S/c1-14-10-20-21-13-22-24(20)12-18(14)15-4-7-23(8-5-15)28(25,26)17-2-3-19-16(11-17)6-9-27-19/h2-4,10-13H,5-9H2,1H3/i6D2,9D2. The zero-order chi connectivity index (χ0) is 22.9. The van der Waals surface area contributed by atoms with Crippen LogP contribution in [-0.4, -0.2) is 47.0 Å². The zero-order valence-corrected chi connectivity index (χ0v) is 15.9. The molecule has 0 atom stereocenters. The molecule has 28 heavy (non-hydrogen) atoms. The number of hydrogen-bond acceptors (Lipinski definition) is 5. The molecule has 0 unspecified atom stereocenters. The van der Waals surface area contributed by atoms with E-state index in [-0.39, 0.29) is 29.3 Å². The number of hydrogen-bond donors (Lipinski definition) is 0. The molecule has 1 aromatic carbocycles. The minimum Gasteiger partial charge on any atom is -0.493 e. The van der Waals surface area contributed by atoms with Gasteiger partial charge in [0.15, 0.2) is 5.65 Å². The lowest BCUT2D eigenvalue weighted by Crippen LogP contribution is -2.34. The second-order valence-electron chi connectivity index (χ2n) is 6.76. The first-order chi connectivity index (χ1) is 15.0. The molecule has 0 saturated heterocycles. The highest BCUT2D eigenvalue weighted by Crippen LogP contribution is 2.31. The normalized spacial score (nSPS) is 23.1. The SMILES string of the molecule is [2H]C1([2H])Oc2ccc(S(=O)(=O)N3CC=C(c4cn5ncnc5cc4C)CC3)cc2C1([2H])[2H]. The monoisotopic (exact) mass is 400 g/mol. The Bertz CT molecular complexity index is 1380. The van der Waals surface area contributed by atoms with Crippen molar-refractivity contribution >= 4 is 21.2 Å². The van der Waals surface area contributed by atoms with Crippen molar-refractivity contribution in [3.63, 3.8) is 0 Å². The summed E-state index contributed by atoms with van der Waals surface area (Å²) in [4.78, 5) is 4.09. The molecular formula is C20H20N4O3S. The van der Waals surface area contributed by atoms with Crippen LogP contribution in [-0.2, 0) is 16.4 Å². The summed E-state index contributed by atoms with van der Waals surface area (Å²) in [6, 6.07) is 5.75. The van der Waals surface area contributed by atoms with Crippen LogP contribution in [0.1, 0.15) is 28.6 Å². The van der Waals surface area contributed by atoms with Gasteiger partial charge in [0.25, 0.3) is 0 Å². The van der Waals surface area contributed by atoms with Gasteiger partial charge in [-0.05, 0) is 59.9 Å². The maximum Gasteiger partial charge on any atom is 0.243 e. The van der Waals surface area contributed by atoms with E-state index in [1.807, 2.05) is 25.3 Å². The van der Waals surface area contributed by atoms with Crippen LogP contribution < -0.4 is 4.74 Å². The van der Waals surface area contributed by atoms with Gasteiger partial charge in [-0.25, -0.2) is 17.9 Å². The van der Waals surface area contributed by atoms with Crippen molar-refractivity contribution in [3.05, 3.63) is 59.6 Å². The summed E-state index contributed by atoms with van der Waals surface area (Å²) < 4.78 is 66.1. The Morgan fingerprint density at radius 1 is 1.29 bits per heavy atom. The molecule has 144 valence electrons. The summed E-state index contributed by atoms with van der Waals surface area (Å²) >= 11 is 0. The van der Waals surface area contributed by atoms with E-state index in [1.54, 1.807) is 4.52 Å². The van der Waals surface area contributed by atoms with Crippen molar-refractivity contribution in [2.75, 3.05) is 19.6 Å². The van der Waals surface area contributed by atoms with Crippen LogP contribution in [0, 0.1) is 6.92 Å².